The quantitative estimate of drug-likeness (QED) is 0.325. The Morgan fingerprint density at radius 3 is 2.76 bits per heavy atom. The largest absolute Gasteiger partial charge is 0.376 e. The van der Waals surface area contributed by atoms with E-state index in [0.29, 0.717) is 31.8 Å². The van der Waals surface area contributed by atoms with E-state index in [0.717, 1.165) is 17.4 Å². The molecule has 25 heavy (non-hydrogen) atoms. The number of nitrogens with one attached hydrogen (secondary N) is 2. The van der Waals surface area contributed by atoms with Crippen LogP contribution in [0.2, 0.25) is 0 Å². The van der Waals surface area contributed by atoms with Crippen molar-refractivity contribution in [1.29, 1.82) is 0 Å². The van der Waals surface area contributed by atoms with Crippen LogP contribution in [0.1, 0.15) is 57.8 Å². The molecule has 2 rings (SSSR count). The number of alkyl halides is 2. The van der Waals surface area contributed by atoms with Crippen molar-refractivity contribution in [1.82, 2.24) is 20.2 Å². The van der Waals surface area contributed by atoms with Crippen molar-refractivity contribution >= 4 is 5.96 Å². The summed E-state index contributed by atoms with van der Waals surface area (Å²) in [6.07, 6.45) is 10.4. The van der Waals surface area contributed by atoms with E-state index in [1.807, 2.05) is 6.92 Å². The molecule has 0 saturated heterocycles. The molecule has 1 aliphatic carbocycles. The van der Waals surface area contributed by atoms with E-state index in [-0.39, 0.29) is 12.4 Å². The van der Waals surface area contributed by atoms with Gasteiger partial charge in [0.25, 0.3) is 0 Å². The molecule has 0 radical (unpaired) electrons. The van der Waals surface area contributed by atoms with Crippen LogP contribution in [0.3, 0.4) is 0 Å². The highest BCUT2D eigenvalue weighted by molar-refractivity contribution is 5.79. The molecule has 0 unspecified atom stereocenters. The van der Waals surface area contributed by atoms with Crippen LogP contribution in [0, 0.1) is 0 Å². The summed E-state index contributed by atoms with van der Waals surface area (Å²) in [5, 5.41) is 6.28. The van der Waals surface area contributed by atoms with E-state index >= 15 is 0 Å². The second-order valence-electron chi connectivity index (χ2n) is 6.13. The molecule has 1 heterocycles. The van der Waals surface area contributed by atoms with Gasteiger partial charge in [-0.05, 0) is 19.8 Å². The Morgan fingerprint density at radius 2 is 2.08 bits per heavy atom. The van der Waals surface area contributed by atoms with Crippen molar-refractivity contribution in [2.75, 3.05) is 19.7 Å². The maximum atomic E-state index is 12.8. The molecule has 0 spiro atoms. The Kier molecular flexibility index (Phi) is 8.65. The van der Waals surface area contributed by atoms with Crippen molar-refractivity contribution in [3.05, 3.63) is 18.2 Å². The fraction of sp³-hybridized carbons (Fsp3) is 0.765. The van der Waals surface area contributed by atoms with Gasteiger partial charge in [-0.25, -0.2) is 9.98 Å². The molecule has 6 nitrogen and oxygen atoms in total. The van der Waals surface area contributed by atoms with Gasteiger partial charge in [-0.3, -0.25) is 4.57 Å². The Bertz CT molecular complexity index is 513. The molecule has 2 N–H and O–H groups in total. The van der Waals surface area contributed by atoms with Crippen LogP contribution in [0.4, 0.5) is 8.78 Å². The second kappa shape index (κ2) is 11.0. The maximum absolute atomic E-state index is 12.8. The van der Waals surface area contributed by atoms with Gasteiger partial charge in [-0.15, -0.1) is 0 Å². The van der Waals surface area contributed by atoms with Crippen molar-refractivity contribution < 1.29 is 13.5 Å². The predicted molar refractivity (Wildman–Crippen MR) is 93.7 cm³/mol. The minimum atomic E-state index is -2.60. The number of hydrogen-bond donors (Lipinski definition) is 2. The molecule has 0 amide bonds. The fourth-order valence-electron chi connectivity index (χ4n) is 2.94. The minimum Gasteiger partial charge on any atom is -0.376 e. The summed E-state index contributed by atoms with van der Waals surface area (Å²) in [6.45, 7) is 1.39. The molecule has 0 aliphatic heterocycles. The minimum absolute atomic E-state index is 0.0934. The van der Waals surface area contributed by atoms with Crippen molar-refractivity contribution in [2.24, 2.45) is 4.99 Å². The first-order valence-electron chi connectivity index (χ1n) is 9.14. The number of aliphatic imine (C=N–C) groups is 1. The van der Waals surface area contributed by atoms with Gasteiger partial charge in [0, 0.05) is 25.5 Å². The zero-order chi connectivity index (χ0) is 17.9. The lowest BCUT2D eigenvalue weighted by molar-refractivity contribution is 0.0468. The van der Waals surface area contributed by atoms with Crippen molar-refractivity contribution in [2.45, 2.75) is 64.6 Å². The Labute approximate surface area is 148 Å². The number of rotatable bonds is 8. The third-order valence-electron chi connectivity index (χ3n) is 4.23. The number of aromatic nitrogens is 2. The highest BCUT2D eigenvalue weighted by Gasteiger charge is 2.13. The zero-order valence-electron chi connectivity index (χ0n) is 14.9. The average Bonchev–Trinajstić information content (AvgIpc) is 2.92. The molecule has 1 saturated carbocycles. The number of ether oxygens (including phenoxy) is 1. The smallest absolute Gasteiger partial charge is 0.319 e. The van der Waals surface area contributed by atoms with E-state index in [1.54, 1.807) is 0 Å². The van der Waals surface area contributed by atoms with Crippen LogP contribution < -0.4 is 10.6 Å². The highest BCUT2D eigenvalue weighted by atomic mass is 19.3. The van der Waals surface area contributed by atoms with Crippen LogP contribution in [0.15, 0.2) is 17.4 Å². The van der Waals surface area contributed by atoms with Gasteiger partial charge in [0.05, 0.1) is 12.7 Å². The number of hydrogen-bond acceptors (Lipinski definition) is 3. The normalized spacial score (nSPS) is 16.9. The molecular formula is C17H29F2N5O. The zero-order valence-corrected chi connectivity index (χ0v) is 14.9. The SMILES string of the molecule is CCNC(=NCc1nccn1C(F)F)NCCOC1CCCCCC1. The third kappa shape index (κ3) is 6.97. The maximum Gasteiger partial charge on any atom is 0.319 e. The molecule has 0 atom stereocenters. The lowest BCUT2D eigenvalue weighted by Gasteiger charge is -2.16. The van der Waals surface area contributed by atoms with Crippen molar-refractivity contribution in [3.63, 3.8) is 0 Å². The number of nitrogens with zero attached hydrogens (tertiary/aromatic N) is 3. The summed E-state index contributed by atoms with van der Waals surface area (Å²) < 4.78 is 32.4. The summed E-state index contributed by atoms with van der Waals surface area (Å²) in [6, 6.07) is 0. The van der Waals surface area contributed by atoms with Crippen LogP contribution in [-0.4, -0.2) is 41.3 Å². The number of halogens is 2. The molecule has 8 heteroatoms. The molecule has 1 fully saturated rings. The fourth-order valence-corrected chi connectivity index (χ4v) is 2.94. The molecule has 1 aromatic heterocycles. The van der Waals surface area contributed by atoms with Crippen LogP contribution in [0.25, 0.3) is 0 Å². The topological polar surface area (TPSA) is 63.5 Å². The Balaban J connectivity index is 1.76. The average molecular weight is 357 g/mol. The summed E-state index contributed by atoms with van der Waals surface area (Å²) in [7, 11) is 0. The van der Waals surface area contributed by atoms with Gasteiger partial charge in [0.15, 0.2) is 5.96 Å². The number of guanidine groups is 1. The van der Waals surface area contributed by atoms with E-state index in [1.165, 1.54) is 38.1 Å². The van der Waals surface area contributed by atoms with Crippen molar-refractivity contribution in [3.8, 4) is 0 Å². The van der Waals surface area contributed by atoms with Gasteiger partial charge in [0.2, 0.25) is 0 Å². The summed E-state index contributed by atoms with van der Waals surface area (Å²) in [4.78, 5) is 8.25. The standard InChI is InChI=1S/C17H29F2N5O/c1-2-20-17(23-13-15-21-9-11-24(15)16(18)19)22-10-12-25-14-7-5-3-4-6-8-14/h9,11,14,16H,2-8,10,12-13H2,1H3,(H2,20,22,23). The molecular weight excluding hydrogens is 328 g/mol. The van der Waals surface area contributed by atoms with E-state index in [4.69, 9.17) is 4.74 Å². The first-order valence-corrected chi connectivity index (χ1v) is 9.14. The molecule has 142 valence electrons. The van der Waals surface area contributed by atoms with E-state index in [9.17, 15) is 8.78 Å². The van der Waals surface area contributed by atoms with Crippen LogP contribution in [-0.2, 0) is 11.3 Å². The highest BCUT2D eigenvalue weighted by Crippen LogP contribution is 2.19. The molecule has 1 aliphatic rings. The summed E-state index contributed by atoms with van der Waals surface area (Å²) >= 11 is 0. The first kappa shape index (κ1) is 19.6. The Morgan fingerprint density at radius 1 is 1.32 bits per heavy atom. The lowest BCUT2D eigenvalue weighted by atomic mass is 10.1. The first-order chi connectivity index (χ1) is 12.2. The van der Waals surface area contributed by atoms with Gasteiger partial charge in [-0.2, -0.15) is 8.78 Å². The third-order valence-corrected chi connectivity index (χ3v) is 4.23. The van der Waals surface area contributed by atoms with Gasteiger partial charge in [0.1, 0.15) is 12.4 Å². The van der Waals surface area contributed by atoms with Crippen LogP contribution in [0.5, 0.6) is 0 Å². The van der Waals surface area contributed by atoms with Crippen LogP contribution >= 0.6 is 0 Å². The second-order valence-corrected chi connectivity index (χ2v) is 6.13. The van der Waals surface area contributed by atoms with E-state index < -0.39 is 6.55 Å². The molecule has 0 bridgehead atoms. The molecule has 1 aromatic rings. The lowest BCUT2D eigenvalue weighted by Crippen LogP contribution is -2.39. The Hall–Kier alpha value is -1.70. The number of imidazole rings is 1. The summed E-state index contributed by atoms with van der Waals surface area (Å²) in [5.74, 6) is 0.817. The predicted octanol–water partition coefficient (Wildman–Crippen LogP) is 3.07. The van der Waals surface area contributed by atoms with E-state index in [2.05, 4.69) is 20.6 Å². The monoisotopic (exact) mass is 357 g/mol. The summed E-state index contributed by atoms with van der Waals surface area (Å²) in [5.41, 5.74) is 0. The van der Waals surface area contributed by atoms with Gasteiger partial charge in [-0.1, -0.05) is 25.7 Å². The molecule has 0 aromatic carbocycles. The van der Waals surface area contributed by atoms with Gasteiger partial charge < -0.3 is 15.4 Å². The van der Waals surface area contributed by atoms with Gasteiger partial charge >= 0.3 is 6.55 Å².